The molecule has 0 aliphatic rings. The highest BCUT2D eigenvalue weighted by atomic mass is 32.2. The zero-order valence-corrected chi connectivity index (χ0v) is 13.7. The van der Waals surface area contributed by atoms with Crippen LogP contribution in [0, 0.1) is 13.8 Å². The van der Waals surface area contributed by atoms with Crippen molar-refractivity contribution in [3.8, 4) is 0 Å². The summed E-state index contributed by atoms with van der Waals surface area (Å²) in [5.74, 6) is -0.740. The number of esters is 1. The van der Waals surface area contributed by atoms with Crippen LogP contribution in [0.5, 0.6) is 0 Å². The highest BCUT2D eigenvalue weighted by molar-refractivity contribution is 7.93. The van der Waals surface area contributed by atoms with Crippen LogP contribution in [0.1, 0.15) is 20.9 Å². The van der Waals surface area contributed by atoms with Gasteiger partial charge in [0.05, 0.1) is 7.11 Å². The Morgan fingerprint density at radius 3 is 2.59 bits per heavy atom. The number of nitrogens with one attached hydrogen (secondary N) is 2. The van der Waals surface area contributed by atoms with Gasteiger partial charge in [0.2, 0.25) is 0 Å². The molecule has 2 aromatic heterocycles. The van der Waals surface area contributed by atoms with Crippen molar-refractivity contribution in [2.75, 3.05) is 11.8 Å². The fraction of sp³-hybridized carbons (Fsp3) is 0.231. The summed E-state index contributed by atoms with van der Waals surface area (Å²) < 4.78 is 31.8. The van der Waals surface area contributed by atoms with Crippen molar-refractivity contribution in [3.63, 3.8) is 0 Å². The number of rotatable bonds is 4. The first-order chi connectivity index (χ1) is 10.3. The van der Waals surface area contributed by atoms with E-state index in [0.29, 0.717) is 11.3 Å². The Labute approximate surface area is 131 Å². The van der Waals surface area contributed by atoms with Crippen LogP contribution in [0.15, 0.2) is 27.2 Å². The van der Waals surface area contributed by atoms with Crippen molar-refractivity contribution in [3.05, 3.63) is 44.0 Å². The predicted octanol–water partition coefficient (Wildman–Crippen LogP) is 1.64. The minimum absolute atomic E-state index is 0.0314. The minimum atomic E-state index is -4.08. The Kier molecular flexibility index (Phi) is 4.38. The van der Waals surface area contributed by atoms with Gasteiger partial charge in [-0.05, 0) is 36.9 Å². The largest absolute Gasteiger partial charge is 0.465 e. The van der Waals surface area contributed by atoms with Crippen molar-refractivity contribution in [1.82, 2.24) is 4.98 Å². The van der Waals surface area contributed by atoms with Crippen molar-refractivity contribution >= 4 is 33.0 Å². The molecule has 2 rings (SSSR count). The van der Waals surface area contributed by atoms with Crippen LogP contribution in [0.3, 0.4) is 0 Å². The van der Waals surface area contributed by atoms with E-state index in [1.165, 1.54) is 13.2 Å². The maximum absolute atomic E-state index is 12.5. The Morgan fingerprint density at radius 1 is 1.32 bits per heavy atom. The van der Waals surface area contributed by atoms with E-state index in [0.717, 1.165) is 11.3 Å². The van der Waals surface area contributed by atoms with Crippen LogP contribution >= 0.6 is 11.3 Å². The third-order valence-corrected chi connectivity index (χ3v) is 5.62. The number of aryl methyl sites for hydroxylation is 2. The summed E-state index contributed by atoms with van der Waals surface area (Å²) in [6.07, 6.45) is 0. The topological polar surface area (TPSA) is 105 Å². The fourth-order valence-electron chi connectivity index (χ4n) is 1.85. The summed E-state index contributed by atoms with van der Waals surface area (Å²) in [6.45, 7) is 3.24. The van der Waals surface area contributed by atoms with Crippen molar-refractivity contribution in [2.45, 2.75) is 18.7 Å². The van der Waals surface area contributed by atoms with Gasteiger partial charge in [0.1, 0.15) is 15.5 Å². The number of sulfonamides is 1. The monoisotopic (exact) mass is 342 g/mol. The third kappa shape index (κ3) is 3.04. The molecule has 118 valence electrons. The molecule has 0 spiro atoms. The summed E-state index contributed by atoms with van der Waals surface area (Å²) in [4.78, 5) is 25.8. The number of hydrogen-bond donors (Lipinski definition) is 2. The van der Waals surface area contributed by atoms with Gasteiger partial charge >= 0.3 is 5.97 Å². The number of ether oxygens (including phenoxy) is 1. The summed E-state index contributed by atoms with van der Waals surface area (Å²) in [6, 6.07) is 2.94. The Morgan fingerprint density at radius 2 is 2.00 bits per heavy atom. The molecule has 0 amide bonds. The number of thiophene rings is 1. The molecule has 0 bridgehead atoms. The first-order valence-corrected chi connectivity index (χ1v) is 8.51. The SMILES string of the molecule is COC(=O)c1scc(C)c1S(=O)(=O)Nc1ccc(C)[nH]c1=O. The number of H-pyrrole nitrogens is 1. The molecule has 0 aromatic carbocycles. The van der Waals surface area contributed by atoms with E-state index in [9.17, 15) is 18.0 Å². The van der Waals surface area contributed by atoms with Gasteiger partial charge in [0.15, 0.2) is 0 Å². The van der Waals surface area contributed by atoms with E-state index in [1.54, 1.807) is 25.3 Å². The lowest BCUT2D eigenvalue weighted by molar-refractivity contribution is 0.0602. The first kappa shape index (κ1) is 16.2. The second kappa shape index (κ2) is 5.93. The summed E-state index contributed by atoms with van der Waals surface area (Å²) >= 11 is 0.973. The van der Waals surface area contributed by atoms with Gasteiger partial charge in [-0.2, -0.15) is 0 Å². The molecule has 2 aromatic rings. The van der Waals surface area contributed by atoms with Gasteiger partial charge in [-0.15, -0.1) is 11.3 Å². The molecular formula is C13H14N2O5S2. The van der Waals surface area contributed by atoms with Crippen LogP contribution < -0.4 is 10.3 Å². The van der Waals surface area contributed by atoms with E-state index in [2.05, 4.69) is 14.4 Å². The van der Waals surface area contributed by atoms with Gasteiger partial charge in [0.25, 0.3) is 15.6 Å². The van der Waals surface area contributed by atoms with Crippen molar-refractivity contribution in [1.29, 1.82) is 0 Å². The standard InChI is InChI=1S/C13H14N2O5S2/c1-7-6-21-10(13(17)20-3)11(7)22(18,19)15-9-5-4-8(2)14-12(9)16/h4-6,15H,1-3H3,(H,14,16). The molecule has 22 heavy (non-hydrogen) atoms. The normalized spacial score (nSPS) is 11.2. The van der Waals surface area contributed by atoms with Crippen LogP contribution in [0.25, 0.3) is 0 Å². The average molecular weight is 342 g/mol. The molecule has 0 saturated heterocycles. The number of carbonyl (C=O) groups is 1. The van der Waals surface area contributed by atoms with Crippen LogP contribution in [0.4, 0.5) is 5.69 Å². The van der Waals surface area contributed by atoms with E-state index < -0.39 is 21.6 Å². The zero-order valence-electron chi connectivity index (χ0n) is 12.1. The average Bonchev–Trinajstić information content (AvgIpc) is 2.84. The molecular weight excluding hydrogens is 328 g/mol. The summed E-state index contributed by atoms with van der Waals surface area (Å²) in [5, 5.41) is 1.54. The molecule has 0 atom stereocenters. The maximum atomic E-state index is 12.5. The summed E-state index contributed by atoms with van der Waals surface area (Å²) in [7, 11) is -2.91. The lowest BCUT2D eigenvalue weighted by Crippen LogP contribution is -2.22. The molecule has 7 nitrogen and oxygen atoms in total. The smallest absolute Gasteiger partial charge is 0.349 e. The van der Waals surface area contributed by atoms with Gasteiger partial charge in [-0.25, -0.2) is 13.2 Å². The molecule has 0 aliphatic carbocycles. The molecule has 0 fully saturated rings. The van der Waals surface area contributed by atoms with E-state index in [4.69, 9.17) is 0 Å². The number of aromatic amines is 1. The first-order valence-electron chi connectivity index (χ1n) is 6.15. The number of anilines is 1. The Balaban J connectivity index is 2.50. The quantitative estimate of drug-likeness (QED) is 0.822. The van der Waals surface area contributed by atoms with Crippen molar-refractivity contribution < 1.29 is 17.9 Å². The minimum Gasteiger partial charge on any atom is -0.465 e. The van der Waals surface area contributed by atoms with Gasteiger partial charge in [-0.3, -0.25) is 9.52 Å². The molecule has 0 unspecified atom stereocenters. The molecule has 2 N–H and O–H groups in total. The molecule has 0 saturated carbocycles. The lowest BCUT2D eigenvalue weighted by Gasteiger charge is -2.09. The maximum Gasteiger partial charge on any atom is 0.349 e. The highest BCUT2D eigenvalue weighted by Crippen LogP contribution is 2.28. The fourth-order valence-corrected chi connectivity index (χ4v) is 4.62. The number of methoxy groups -OCH3 is 1. The zero-order chi connectivity index (χ0) is 16.5. The van der Waals surface area contributed by atoms with Crippen LogP contribution in [-0.2, 0) is 14.8 Å². The number of hydrogen-bond acceptors (Lipinski definition) is 6. The number of carbonyl (C=O) groups excluding carboxylic acids is 1. The highest BCUT2D eigenvalue weighted by Gasteiger charge is 2.28. The van der Waals surface area contributed by atoms with Gasteiger partial charge in [0, 0.05) is 5.69 Å². The van der Waals surface area contributed by atoms with E-state index in [-0.39, 0.29) is 15.5 Å². The molecule has 0 radical (unpaired) electrons. The van der Waals surface area contributed by atoms with Crippen molar-refractivity contribution in [2.24, 2.45) is 0 Å². The van der Waals surface area contributed by atoms with Gasteiger partial charge in [-0.1, -0.05) is 0 Å². The lowest BCUT2D eigenvalue weighted by atomic mass is 10.3. The number of aromatic nitrogens is 1. The van der Waals surface area contributed by atoms with E-state index in [1.807, 2.05) is 0 Å². The Bertz CT molecular complexity index is 880. The number of pyridine rings is 1. The van der Waals surface area contributed by atoms with Gasteiger partial charge < -0.3 is 9.72 Å². The summed E-state index contributed by atoms with van der Waals surface area (Å²) in [5.41, 5.74) is 0.333. The third-order valence-electron chi connectivity index (χ3n) is 2.86. The van der Waals surface area contributed by atoms with Crippen LogP contribution in [0.2, 0.25) is 0 Å². The second-order valence-electron chi connectivity index (χ2n) is 4.56. The molecule has 9 heteroatoms. The predicted molar refractivity (Wildman–Crippen MR) is 83.0 cm³/mol. The van der Waals surface area contributed by atoms with Crippen LogP contribution in [-0.4, -0.2) is 26.5 Å². The molecule has 0 aliphatic heterocycles. The van der Waals surface area contributed by atoms with E-state index >= 15 is 0 Å². The second-order valence-corrected chi connectivity index (χ2v) is 7.06. The Hall–Kier alpha value is -2.13. The molecule has 2 heterocycles.